The summed E-state index contributed by atoms with van der Waals surface area (Å²) in [5, 5.41) is 13.1. The number of nitrogens with zero attached hydrogens (tertiary/aromatic N) is 2. The zero-order chi connectivity index (χ0) is 10.8. The first-order valence-corrected chi connectivity index (χ1v) is 4.75. The highest BCUT2D eigenvalue weighted by Crippen LogP contribution is 2.14. The van der Waals surface area contributed by atoms with Crippen molar-refractivity contribution < 1.29 is 19.2 Å². The van der Waals surface area contributed by atoms with Gasteiger partial charge in [-0.3, -0.25) is 9.32 Å². The molecule has 1 aliphatic rings. The Morgan fingerprint density at radius 2 is 2.27 bits per heavy atom. The molecule has 1 saturated heterocycles. The van der Waals surface area contributed by atoms with Crippen molar-refractivity contribution in [3.05, 3.63) is 16.6 Å². The molecule has 82 valence electrons. The summed E-state index contributed by atoms with van der Waals surface area (Å²) in [5.74, 6) is -1.03. The second-order valence-corrected chi connectivity index (χ2v) is 3.55. The van der Waals surface area contributed by atoms with E-state index >= 15 is 0 Å². The van der Waals surface area contributed by atoms with Gasteiger partial charge >= 0.3 is 17.8 Å². The van der Waals surface area contributed by atoms with Gasteiger partial charge in [-0.25, -0.2) is 4.79 Å². The number of nitrogens with one attached hydrogen (secondary N) is 1. The second-order valence-electron chi connectivity index (χ2n) is 3.55. The molecule has 0 aliphatic carbocycles. The van der Waals surface area contributed by atoms with Crippen molar-refractivity contribution in [1.29, 1.82) is 0 Å². The van der Waals surface area contributed by atoms with E-state index < -0.39 is 11.6 Å². The molecule has 7 nitrogen and oxygen atoms in total. The van der Waals surface area contributed by atoms with Gasteiger partial charge in [0.1, 0.15) is 0 Å². The van der Waals surface area contributed by atoms with E-state index in [1.165, 1.54) is 11.0 Å². The molecule has 2 N–H and O–H groups in total. The number of piperidine rings is 1. The zero-order valence-corrected chi connectivity index (χ0v) is 8.05. The number of carboxylic acid groups (broad SMARTS) is 1. The van der Waals surface area contributed by atoms with Gasteiger partial charge in [0.2, 0.25) is 0 Å². The Kier molecular flexibility index (Phi) is 2.44. The maximum Gasteiger partial charge on any atom is 0.430 e. The Bertz CT molecular complexity index is 402. The zero-order valence-electron chi connectivity index (χ0n) is 8.05. The number of carbonyl (C=O) groups is 1. The number of hydrogen-bond acceptors (Lipinski definition) is 4. The Hall–Kier alpha value is -1.79. The van der Waals surface area contributed by atoms with E-state index in [0.29, 0.717) is 25.9 Å². The maximum atomic E-state index is 10.8. The van der Waals surface area contributed by atoms with E-state index in [9.17, 15) is 9.59 Å². The first-order chi connectivity index (χ1) is 7.16. The number of carboxylic acids is 1. The Morgan fingerprint density at radius 1 is 1.60 bits per heavy atom. The molecule has 1 aromatic heterocycles. The lowest BCUT2D eigenvalue weighted by Crippen LogP contribution is -2.62. The molecule has 0 radical (unpaired) electrons. The smallest absolute Gasteiger partial charge is 0.430 e. The highest BCUT2D eigenvalue weighted by atomic mass is 16.5. The van der Waals surface area contributed by atoms with Crippen molar-refractivity contribution in [2.75, 3.05) is 18.1 Å². The highest BCUT2D eigenvalue weighted by molar-refractivity contribution is 5.70. The topological polar surface area (TPSA) is 90.4 Å². The van der Waals surface area contributed by atoms with E-state index in [4.69, 9.17) is 5.11 Å². The maximum absolute atomic E-state index is 10.8. The summed E-state index contributed by atoms with van der Waals surface area (Å²) in [6.07, 6.45) is 2.45. The average molecular weight is 214 g/mol. The van der Waals surface area contributed by atoms with E-state index in [2.05, 4.69) is 9.79 Å². The molecule has 2 heterocycles. The largest absolute Gasteiger partial charge is 0.481 e. The van der Waals surface area contributed by atoms with Gasteiger partial charge in [0.15, 0.2) is 0 Å². The molecular weight excluding hydrogens is 202 g/mol. The molecule has 1 aliphatic heterocycles. The molecule has 0 amide bonds. The summed E-state index contributed by atoms with van der Waals surface area (Å²) < 4.78 is 4.52. The summed E-state index contributed by atoms with van der Waals surface area (Å²) in [7, 11) is 0. The van der Waals surface area contributed by atoms with Crippen molar-refractivity contribution in [2.45, 2.75) is 12.8 Å². The molecule has 0 aromatic carbocycles. The van der Waals surface area contributed by atoms with Crippen LogP contribution >= 0.6 is 0 Å². The predicted molar refractivity (Wildman–Crippen MR) is 47.8 cm³/mol. The van der Waals surface area contributed by atoms with Crippen LogP contribution in [0.4, 0.5) is 0 Å². The molecule has 15 heavy (non-hydrogen) atoms. The van der Waals surface area contributed by atoms with Crippen LogP contribution in [0.1, 0.15) is 12.8 Å². The van der Waals surface area contributed by atoms with E-state index in [0.717, 1.165) is 0 Å². The summed E-state index contributed by atoms with van der Waals surface area (Å²) in [5.41, 5.74) is -0.449. The lowest BCUT2D eigenvalue weighted by atomic mass is 9.98. The number of rotatable bonds is 2. The lowest BCUT2D eigenvalue weighted by Gasteiger charge is -2.23. The first kappa shape index (κ1) is 9.75. The second kappa shape index (κ2) is 3.76. The summed E-state index contributed by atoms with van der Waals surface area (Å²) in [4.78, 5) is 22.9. The van der Waals surface area contributed by atoms with Gasteiger partial charge < -0.3 is 5.11 Å². The molecule has 1 aromatic rings. The van der Waals surface area contributed by atoms with Gasteiger partial charge in [0.05, 0.1) is 19.0 Å². The van der Waals surface area contributed by atoms with Crippen molar-refractivity contribution in [3.8, 4) is 0 Å². The van der Waals surface area contributed by atoms with Crippen LogP contribution in [0.3, 0.4) is 0 Å². The molecule has 2 rings (SSSR count). The molecule has 0 unspecified atom stereocenters. The van der Waals surface area contributed by atoms with Crippen LogP contribution in [-0.4, -0.2) is 29.4 Å². The Balaban J connectivity index is 1.99. The lowest BCUT2D eigenvalue weighted by molar-refractivity contribution is -0.759. The van der Waals surface area contributed by atoms with Crippen molar-refractivity contribution in [3.63, 3.8) is 0 Å². The molecular formula is C8H12N3O4+. The summed E-state index contributed by atoms with van der Waals surface area (Å²) in [6, 6.07) is 0. The highest BCUT2D eigenvalue weighted by Gasteiger charge is 2.29. The third kappa shape index (κ3) is 2.00. The molecule has 1 fully saturated rings. The fourth-order valence-electron chi connectivity index (χ4n) is 1.71. The van der Waals surface area contributed by atoms with Gasteiger partial charge in [-0.05, 0) is 12.8 Å². The number of aromatic amines is 1. The minimum absolute atomic E-state index is 0.277. The molecule has 0 spiro atoms. The summed E-state index contributed by atoms with van der Waals surface area (Å²) >= 11 is 0. The van der Waals surface area contributed by atoms with Crippen LogP contribution in [-0.2, 0) is 4.79 Å². The summed E-state index contributed by atoms with van der Waals surface area (Å²) in [6.45, 7) is 1.19. The minimum Gasteiger partial charge on any atom is -0.481 e. The fourth-order valence-corrected chi connectivity index (χ4v) is 1.71. The minimum atomic E-state index is -0.750. The van der Waals surface area contributed by atoms with Crippen molar-refractivity contribution >= 4 is 5.97 Å². The Morgan fingerprint density at radius 3 is 2.73 bits per heavy atom. The van der Waals surface area contributed by atoms with E-state index in [-0.39, 0.29) is 5.92 Å². The normalized spacial score (nSPS) is 18.0. The van der Waals surface area contributed by atoms with Crippen LogP contribution in [0, 0.1) is 5.92 Å². The fraction of sp³-hybridized carbons (Fsp3) is 0.625. The van der Waals surface area contributed by atoms with Crippen molar-refractivity contribution in [2.24, 2.45) is 5.92 Å². The van der Waals surface area contributed by atoms with Crippen LogP contribution in [0.15, 0.2) is 15.5 Å². The van der Waals surface area contributed by atoms with Crippen LogP contribution in [0.5, 0.6) is 0 Å². The predicted octanol–water partition coefficient (Wildman–Crippen LogP) is -1.31. The van der Waals surface area contributed by atoms with Crippen LogP contribution in [0.25, 0.3) is 0 Å². The number of hydrogen-bond donors (Lipinski definition) is 2. The van der Waals surface area contributed by atoms with E-state index in [1.54, 1.807) is 0 Å². The SMILES string of the molecule is O=C(O)C1CCN([n+]2cc(=O)o[nH]2)CC1. The van der Waals surface area contributed by atoms with Gasteiger partial charge in [-0.15, -0.1) is 0 Å². The number of H-pyrrole nitrogens is 1. The molecule has 0 atom stereocenters. The average Bonchev–Trinajstić information content (AvgIpc) is 2.65. The van der Waals surface area contributed by atoms with Gasteiger partial charge in [0, 0.05) is 10.1 Å². The number of aliphatic carboxylic acids is 1. The standard InChI is InChI=1S/C8H11N3O4/c12-7-5-11(9-15-7)10-3-1-6(2-4-10)8(13)14/h5-6H,1-4H2,(H-,9,12,13,14)/p+1. The van der Waals surface area contributed by atoms with Crippen molar-refractivity contribution in [1.82, 2.24) is 5.27 Å². The Labute approximate surface area is 84.8 Å². The molecule has 0 bridgehead atoms. The molecule has 7 heteroatoms. The quantitative estimate of drug-likeness (QED) is 0.596. The van der Waals surface area contributed by atoms with Crippen LogP contribution < -0.4 is 15.4 Å². The number of aromatic nitrogens is 2. The van der Waals surface area contributed by atoms with Gasteiger partial charge in [-0.2, -0.15) is 5.01 Å². The van der Waals surface area contributed by atoms with Gasteiger partial charge in [0.25, 0.3) is 0 Å². The third-order valence-corrected chi connectivity index (χ3v) is 2.59. The van der Waals surface area contributed by atoms with Crippen LogP contribution in [0.2, 0.25) is 0 Å². The van der Waals surface area contributed by atoms with E-state index in [1.807, 2.05) is 5.01 Å². The first-order valence-electron chi connectivity index (χ1n) is 4.75. The van der Waals surface area contributed by atoms with Gasteiger partial charge in [-0.1, -0.05) is 0 Å². The third-order valence-electron chi connectivity index (χ3n) is 2.59. The molecule has 0 saturated carbocycles. The monoisotopic (exact) mass is 214 g/mol.